The fourth-order valence-corrected chi connectivity index (χ4v) is 6.41. The van der Waals surface area contributed by atoms with Gasteiger partial charge in [-0.25, -0.2) is 18.4 Å². The maximum Gasteiger partial charge on any atom is 0.273 e. The first-order chi connectivity index (χ1) is 18.3. The van der Waals surface area contributed by atoms with E-state index >= 15 is 0 Å². The highest BCUT2D eigenvalue weighted by Gasteiger charge is 2.37. The number of nitrogens with one attached hydrogen (secondary N) is 1. The molecule has 1 N–H and O–H groups in total. The summed E-state index contributed by atoms with van der Waals surface area (Å²) in [6.45, 7) is 0.219. The highest BCUT2D eigenvalue weighted by molar-refractivity contribution is 7.89. The molecule has 5 rings (SSSR count). The van der Waals surface area contributed by atoms with Crippen molar-refractivity contribution in [1.29, 1.82) is 0 Å². The van der Waals surface area contributed by atoms with Crippen LogP contribution in [0.25, 0.3) is 10.9 Å². The zero-order valence-electron chi connectivity index (χ0n) is 20.8. The van der Waals surface area contributed by atoms with E-state index in [2.05, 4.69) is 15.3 Å². The van der Waals surface area contributed by atoms with Crippen molar-refractivity contribution in [3.05, 3.63) is 66.5 Å². The lowest BCUT2D eigenvalue weighted by atomic mass is 9.99. The molecule has 2 aliphatic rings. The van der Waals surface area contributed by atoms with E-state index in [1.54, 1.807) is 18.2 Å². The summed E-state index contributed by atoms with van der Waals surface area (Å²) in [4.78, 5) is 49.8. The van der Waals surface area contributed by atoms with Crippen LogP contribution in [0.1, 0.15) is 42.6 Å². The molecule has 2 atom stereocenters. The topological polar surface area (TPSA) is 130 Å². The lowest BCUT2D eigenvalue weighted by molar-refractivity contribution is -0.131. The number of benzene rings is 1. The normalized spacial score (nSPS) is 21.2. The number of nitrogens with zero attached hydrogens (tertiary/aromatic N) is 4. The number of Topliss-reactive ketones (excluding diaryl/α,β-unsaturated/α-hetero) is 1. The van der Waals surface area contributed by atoms with Crippen molar-refractivity contribution in [3.63, 3.8) is 0 Å². The molecule has 0 aliphatic carbocycles. The molecule has 1 aromatic carbocycles. The number of pyridine rings is 2. The van der Waals surface area contributed by atoms with E-state index in [-0.39, 0.29) is 35.5 Å². The Morgan fingerprint density at radius 3 is 2.55 bits per heavy atom. The van der Waals surface area contributed by atoms with Crippen LogP contribution in [-0.4, -0.2) is 76.9 Å². The van der Waals surface area contributed by atoms with Crippen LogP contribution in [0.4, 0.5) is 0 Å². The van der Waals surface area contributed by atoms with E-state index in [0.717, 1.165) is 22.5 Å². The predicted octanol–water partition coefficient (Wildman–Crippen LogP) is 2.16. The SMILES string of the molecule is O=C1CN(S(=O)(=O)c2ccccn2)CCCC1NC(=O)[C@@H]1CCCCN1C(=O)c1ccc2ccccc2n1. The number of fused-ring (bicyclic) bond motifs is 1. The van der Waals surface area contributed by atoms with Crippen molar-refractivity contribution in [2.75, 3.05) is 19.6 Å². The second-order valence-electron chi connectivity index (χ2n) is 9.58. The number of hydrogen-bond acceptors (Lipinski definition) is 7. The monoisotopic (exact) mass is 535 g/mol. The van der Waals surface area contributed by atoms with Gasteiger partial charge in [-0.05, 0) is 56.4 Å². The van der Waals surface area contributed by atoms with Crippen LogP contribution in [0.2, 0.25) is 0 Å². The van der Waals surface area contributed by atoms with E-state index in [9.17, 15) is 22.8 Å². The fraction of sp³-hybridized carbons (Fsp3) is 0.370. The third kappa shape index (κ3) is 5.30. The van der Waals surface area contributed by atoms with Crippen LogP contribution in [0.3, 0.4) is 0 Å². The molecule has 10 nitrogen and oxygen atoms in total. The molecule has 0 spiro atoms. The molecule has 2 saturated heterocycles. The van der Waals surface area contributed by atoms with E-state index < -0.39 is 28.0 Å². The summed E-state index contributed by atoms with van der Waals surface area (Å²) in [7, 11) is -3.93. The highest BCUT2D eigenvalue weighted by atomic mass is 32.2. The van der Waals surface area contributed by atoms with Gasteiger partial charge in [-0.2, -0.15) is 4.31 Å². The standard InChI is InChI=1S/C27H29N5O5S/c33-24-18-31(38(36,37)25-12-3-5-15-28-25)16-7-10-21(24)30-26(34)23-11-4-6-17-32(23)27(35)22-14-13-19-8-1-2-9-20(19)29-22/h1-3,5,8-9,12-15,21,23H,4,6-7,10-11,16-18H2,(H,30,34)/t21?,23-/m0/s1. The molecule has 198 valence electrons. The third-order valence-electron chi connectivity index (χ3n) is 7.06. The number of aromatic nitrogens is 2. The second kappa shape index (κ2) is 11.0. The van der Waals surface area contributed by atoms with Crippen LogP contribution in [0.5, 0.6) is 0 Å². The number of rotatable bonds is 5. The molecule has 38 heavy (non-hydrogen) atoms. The van der Waals surface area contributed by atoms with Gasteiger partial charge in [0.25, 0.3) is 15.9 Å². The second-order valence-corrected chi connectivity index (χ2v) is 11.5. The Balaban J connectivity index is 1.28. The summed E-state index contributed by atoms with van der Waals surface area (Å²) in [5.41, 5.74) is 0.968. The average Bonchev–Trinajstić information content (AvgIpc) is 3.14. The Kier molecular flexibility index (Phi) is 7.48. The minimum absolute atomic E-state index is 0.117. The number of ketones is 1. The first-order valence-corrected chi connectivity index (χ1v) is 14.2. The van der Waals surface area contributed by atoms with Gasteiger partial charge in [0, 0.05) is 24.7 Å². The minimum atomic E-state index is -3.93. The predicted molar refractivity (Wildman–Crippen MR) is 140 cm³/mol. The molecule has 2 fully saturated rings. The van der Waals surface area contributed by atoms with Crippen molar-refractivity contribution in [1.82, 2.24) is 24.5 Å². The van der Waals surface area contributed by atoms with Crippen LogP contribution in [0.15, 0.2) is 65.8 Å². The van der Waals surface area contributed by atoms with E-state index in [0.29, 0.717) is 31.3 Å². The summed E-state index contributed by atoms with van der Waals surface area (Å²) >= 11 is 0. The van der Waals surface area contributed by atoms with Crippen molar-refractivity contribution in [3.8, 4) is 0 Å². The Morgan fingerprint density at radius 2 is 1.74 bits per heavy atom. The molecule has 2 amide bonds. The van der Waals surface area contributed by atoms with Gasteiger partial charge in [0.1, 0.15) is 11.7 Å². The zero-order valence-corrected chi connectivity index (χ0v) is 21.6. The van der Waals surface area contributed by atoms with Gasteiger partial charge in [0.2, 0.25) is 5.91 Å². The van der Waals surface area contributed by atoms with Gasteiger partial charge < -0.3 is 10.2 Å². The minimum Gasteiger partial charge on any atom is -0.344 e. The molecule has 4 heterocycles. The summed E-state index contributed by atoms with van der Waals surface area (Å²) in [6.07, 6.45) is 4.13. The summed E-state index contributed by atoms with van der Waals surface area (Å²) < 4.78 is 27.1. The molecule has 0 saturated carbocycles. The molecule has 1 unspecified atom stereocenters. The van der Waals surface area contributed by atoms with Crippen LogP contribution in [0, 0.1) is 0 Å². The van der Waals surface area contributed by atoms with Gasteiger partial charge >= 0.3 is 0 Å². The van der Waals surface area contributed by atoms with Crippen LogP contribution in [-0.2, 0) is 19.6 Å². The molecule has 2 aliphatic heterocycles. The quantitative estimate of drug-likeness (QED) is 0.530. The molecular formula is C27H29N5O5S. The maximum atomic E-state index is 13.4. The first-order valence-electron chi connectivity index (χ1n) is 12.8. The number of piperidine rings is 1. The Labute approximate surface area is 221 Å². The molecule has 2 aromatic heterocycles. The van der Waals surface area contributed by atoms with E-state index in [4.69, 9.17) is 0 Å². The van der Waals surface area contributed by atoms with Crippen molar-refractivity contribution in [2.45, 2.75) is 49.2 Å². The van der Waals surface area contributed by atoms with Crippen LogP contribution >= 0.6 is 0 Å². The first kappa shape index (κ1) is 25.9. The Morgan fingerprint density at radius 1 is 0.921 bits per heavy atom. The Hall–Kier alpha value is -3.70. The van der Waals surface area contributed by atoms with Crippen molar-refractivity contribution in [2.24, 2.45) is 0 Å². The Bertz CT molecular complexity index is 1460. The number of para-hydroxylation sites is 1. The van der Waals surface area contributed by atoms with Crippen LogP contribution < -0.4 is 5.32 Å². The largest absolute Gasteiger partial charge is 0.344 e. The maximum absolute atomic E-state index is 13.4. The molecular weight excluding hydrogens is 506 g/mol. The van der Waals surface area contributed by atoms with Gasteiger partial charge in [-0.15, -0.1) is 0 Å². The number of sulfonamides is 1. The highest BCUT2D eigenvalue weighted by Crippen LogP contribution is 2.22. The number of hydrogen-bond donors (Lipinski definition) is 1. The smallest absolute Gasteiger partial charge is 0.273 e. The van der Waals surface area contributed by atoms with Gasteiger partial charge in [-0.1, -0.05) is 30.3 Å². The van der Waals surface area contributed by atoms with E-state index in [1.165, 1.54) is 17.2 Å². The fourth-order valence-electron chi connectivity index (χ4n) is 5.03. The summed E-state index contributed by atoms with van der Waals surface area (Å²) in [5, 5.41) is 3.62. The molecule has 0 radical (unpaired) electrons. The number of likely N-dealkylation sites (tertiary alicyclic amines) is 1. The summed E-state index contributed by atoms with van der Waals surface area (Å²) in [5.74, 6) is -1.12. The summed E-state index contributed by atoms with van der Waals surface area (Å²) in [6, 6.07) is 14.0. The lowest BCUT2D eigenvalue weighted by Crippen LogP contribution is -2.55. The third-order valence-corrected chi connectivity index (χ3v) is 8.83. The van der Waals surface area contributed by atoms with Crippen molar-refractivity contribution < 1.29 is 22.8 Å². The molecule has 0 bridgehead atoms. The molecule has 11 heteroatoms. The molecule has 3 aromatic rings. The van der Waals surface area contributed by atoms with Gasteiger partial charge in [0.15, 0.2) is 10.8 Å². The van der Waals surface area contributed by atoms with E-state index in [1.807, 2.05) is 30.3 Å². The van der Waals surface area contributed by atoms with Gasteiger partial charge in [0.05, 0.1) is 18.1 Å². The van der Waals surface area contributed by atoms with Gasteiger partial charge in [-0.3, -0.25) is 14.4 Å². The zero-order chi connectivity index (χ0) is 26.7. The lowest BCUT2D eigenvalue weighted by Gasteiger charge is -2.35. The number of amides is 2. The number of carbonyl (C=O) groups excluding carboxylic acids is 3. The average molecular weight is 536 g/mol. The number of carbonyl (C=O) groups is 3. The van der Waals surface area contributed by atoms with Crippen molar-refractivity contribution >= 4 is 38.5 Å².